The van der Waals surface area contributed by atoms with Crippen molar-refractivity contribution >= 4 is 16.6 Å². The van der Waals surface area contributed by atoms with Gasteiger partial charge >= 0.3 is 0 Å². The number of rotatable bonds is 2. The molecule has 0 aliphatic rings. The molecule has 0 saturated heterocycles. The van der Waals surface area contributed by atoms with Crippen LogP contribution >= 0.6 is 0 Å². The Balaban J connectivity index is 2.53. The summed E-state index contributed by atoms with van der Waals surface area (Å²) < 4.78 is 5.09. The fraction of sp³-hybridized carbons (Fsp3) is 0.250. The Morgan fingerprint density at radius 2 is 1.93 bits per heavy atom. The molecule has 0 radical (unpaired) electrons. The molecule has 2 rings (SSSR count). The third-order valence-corrected chi connectivity index (χ3v) is 2.37. The van der Waals surface area contributed by atoms with E-state index in [9.17, 15) is 4.79 Å². The Kier molecular flexibility index (Phi) is 2.12. The van der Waals surface area contributed by atoms with Crippen LogP contribution in [-0.2, 0) is 11.2 Å². The average molecular weight is 188 g/mol. The SMILES string of the molecule is CC(=O)Cc1cc2cocc2cc1C. The first-order valence-corrected chi connectivity index (χ1v) is 4.61. The number of carbonyl (C=O) groups excluding carboxylic acids is 1. The van der Waals surface area contributed by atoms with Crippen LogP contribution in [0.25, 0.3) is 10.8 Å². The fourth-order valence-corrected chi connectivity index (χ4v) is 1.64. The van der Waals surface area contributed by atoms with Crippen molar-refractivity contribution in [3.8, 4) is 0 Å². The van der Waals surface area contributed by atoms with Gasteiger partial charge in [0, 0.05) is 17.2 Å². The molecule has 0 fully saturated rings. The first-order valence-electron chi connectivity index (χ1n) is 4.61. The van der Waals surface area contributed by atoms with E-state index in [0.29, 0.717) is 6.42 Å². The molecule has 0 spiro atoms. The lowest BCUT2D eigenvalue weighted by atomic mass is 10.0. The second kappa shape index (κ2) is 3.29. The van der Waals surface area contributed by atoms with Crippen LogP contribution in [0.5, 0.6) is 0 Å². The molecule has 0 saturated carbocycles. The van der Waals surface area contributed by atoms with Crippen molar-refractivity contribution in [2.45, 2.75) is 20.3 Å². The molecule has 1 aromatic carbocycles. The summed E-state index contributed by atoms with van der Waals surface area (Å²) in [5.41, 5.74) is 2.24. The zero-order valence-corrected chi connectivity index (χ0v) is 8.33. The second-order valence-corrected chi connectivity index (χ2v) is 3.66. The quantitative estimate of drug-likeness (QED) is 0.725. The van der Waals surface area contributed by atoms with E-state index in [1.54, 1.807) is 19.5 Å². The summed E-state index contributed by atoms with van der Waals surface area (Å²) in [4.78, 5) is 11.0. The van der Waals surface area contributed by atoms with Gasteiger partial charge in [0.2, 0.25) is 0 Å². The maximum Gasteiger partial charge on any atom is 0.134 e. The lowest BCUT2D eigenvalue weighted by Crippen LogP contribution is -1.98. The highest BCUT2D eigenvalue weighted by atomic mass is 16.3. The first-order chi connectivity index (χ1) is 6.66. The van der Waals surface area contributed by atoms with Gasteiger partial charge in [-0.3, -0.25) is 4.79 Å². The van der Waals surface area contributed by atoms with Crippen LogP contribution in [-0.4, -0.2) is 5.78 Å². The summed E-state index contributed by atoms with van der Waals surface area (Å²) in [5, 5.41) is 2.15. The first kappa shape index (κ1) is 9.00. The van der Waals surface area contributed by atoms with Crippen LogP contribution in [0.15, 0.2) is 29.1 Å². The zero-order chi connectivity index (χ0) is 10.1. The summed E-state index contributed by atoms with van der Waals surface area (Å²) in [5.74, 6) is 0.191. The van der Waals surface area contributed by atoms with Crippen LogP contribution in [0, 0.1) is 6.92 Å². The van der Waals surface area contributed by atoms with E-state index < -0.39 is 0 Å². The van der Waals surface area contributed by atoms with Gasteiger partial charge < -0.3 is 4.42 Å². The number of furan rings is 1. The molecular weight excluding hydrogens is 176 g/mol. The lowest BCUT2D eigenvalue weighted by Gasteiger charge is -2.03. The standard InChI is InChI=1S/C12H12O2/c1-8-3-11-6-14-7-12(11)5-10(8)4-9(2)13/h3,5-7H,4H2,1-2H3. The highest BCUT2D eigenvalue weighted by Gasteiger charge is 2.04. The Bertz CT molecular complexity index is 480. The van der Waals surface area contributed by atoms with Crippen molar-refractivity contribution < 1.29 is 9.21 Å². The van der Waals surface area contributed by atoms with E-state index in [0.717, 1.165) is 21.9 Å². The number of fused-ring (bicyclic) bond motifs is 1. The molecule has 0 aliphatic carbocycles. The number of benzene rings is 1. The Labute approximate surface area is 82.5 Å². The molecule has 0 unspecified atom stereocenters. The zero-order valence-electron chi connectivity index (χ0n) is 8.33. The molecule has 1 aromatic heterocycles. The van der Waals surface area contributed by atoms with Crippen molar-refractivity contribution in [1.82, 2.24) is 0 Å². The Morgan fingerprint density at radius 1 is 1.29 bits per heavy atom. The largest absolute Gasteiger partial charge is 0.471 e. The molecule has 2 heteroatoms. The van der Waals surface area contributed by atoms with Gasteiger partial charge in [-0.1, -0.05) is 0 Å². The third kappa shape index (κ3) is 1.55. The predicted octanol–water partition coefficient (Wildman–Crippen LogP) is 2.87. The molecule has 0 N–H and O–H groups in total. The Hall–Kier alpha value is -1.57. The number of carbonyl (C=O) groups is 1. The predicted molar refractivity (Wildman–Crippen MR) is 55.3 cm³/mol. The lowest BCUT2D eigenvalue weighted by molar-refractivity contribution is -0.116. The van der Waals surface area contributed by atoms with Gasteiger partial charge in [0.25, 0.3) is 0 Å². The number of hydrogen-bond donors (Lipinski definition) is 0. The third-order valence-electron chi connectivity index (χ3n) is 2.37. The molecule has 2 nitrogen and oxygen atoms in total. The van der Waals surface area contributed by atoms with Gasteiger partial charge in [-0.25, -0.2) is 0 Å². The van der Waals surface area contributed by atoms with E-state index in [-0.39, 0.29) is 5.78 Å². The van der Waals surface area contributed by atoms with Crippen LogP contribution in [0.2, 0.25) is 0 Å². The smallest absolute Gasteiger partial charge is 0.134 e. The molecule has 14 heavy (non-hydrogen) atoms. The van der Waals surface area contributed by atoms with Crippen molar-refractivity contribution in [3.05, 3.63) is 35.8 Å². The van der Waals surface area contributed by atoms with Crippen LogP contribution < -0.4 is 0 Å². The topological polar surface area (TPSA) is 30.2 Å². The molecule has 2 aromatic rings. The highest BCUT2D eigenvalue weighted by molar-refractivity contribution is 5.85. The number of ketones is 1. The minimum Gasteiger partial charge on any atom is -0.471 e. The van der Waals surface area contributed by atoms with E-state index in [1.165, 1.54) is 0 Å². The van der Waals surface area contributed by atoms with Crippen LogP contribution in [0.4, 0.5) is 0 Å². The van der Waals surface area contributed by atoms with Crippen molar-refractivity contribution in [1.29, 1.82) is 0 Å². The fourth-order valence-electron chi connectivity index (χ4n) is 1.64. The molecule has 0 aliphatic heterocycles. The number of Topliss-reactive ketones (excluding diaryl/α,β-unsaturated/α-hetero) is 1. The monoisotopic (exact) mass is 188 g/mol. The van der Waals surface area contributed by atoms with Gasteiger partial charge in [-0.05, 0) is 37.1 Å². The summed E-state index contributed by atoms with van der Waals surface area (Å²) in [6, 6.07) is 4.08. The van der Waals surface area contributed by atoms with Gasteiger partial charge in [0.05, 0.1) is 12.5 Å². The van der Waals surface area contributed by atoms with Crippen LogP contribution in [0.1, 0.15) is 18.1 Å². The van der Waals surface area contributed by atoms with E-state index in [4.69, 9.17) is 4.42 Å². The summed E-state index contributed by atoms with van der Waals surface area (Å²) >= 11 is 0. The second-order valence-electron chi connectivity index (χ2n) is 3.66. The number of aryl methyl sites for hydroxylation is 1. The molecule has 0 atom stereocenters. The molecule has 72 valence electrons. The van der Waals surface area contributed by atoms with E-state index >= 15 is 0 Å². The normalized spacial score (nSPS) is 10.7. The minimum absolute atomic E-state index is 0.191. The molecule has 0 amide bonds. The highest BCUT2D eigenvalue weighted by Crippen LogP contribution is 2.21. The summed E-state index contributed by atoms with van der Waals surface area (Å²) in [7, 11) is 0. The maximum atomic E-state index is 11.0. The van der Waals surface area contributed by atoms with Crippen molar-refractivity contribution in [2.75, 3.05) is 0 Å². The Morgan fingerprint density at radius 3 is 2.57 bits per heavy atom. The molecular formula is C12H12O2. The van der Waals surface area contributed by atoms with Crippen molar-refractivity contribution in [2.24, 2.45) is 0 Å². The van der Waals surface area contributed by atoms with Gasteiger partial charge in [-0.2, -0.15) is 0 Å². The van der Waals surface area contributed by atoms with Gasteiger partial charge in [0.15, 0.2) is 0 Å². The minimum atomic E-state index is 0.191. The van der Waals surface area contributed by atoms with E-state index in [2.05, 4.69) is 6.07 Å². The number of hydrogen-bond acceptors (Lipinski definition) is 2. The van der Waals surface area contributed by atoms with Crippen molar-refractivity contribution in [3.63, 3.8) is 0 Å². The average Bonchev–Trinajstić information content (AvgIpc) is 2.51. The summed E-state index contributed by atoms with van der Waals surface area (Å²) in [6.07, 6.45) is 3.94. The van der Waals surface area contributed by atoms with E-state index in [1.807, 2.05) is 13.0 Å². The molecule has 1 heterocycles. The molecule has 0 bridgehead atoms. The van der Waals surface area contributed by atoms with Gasteiger partial charge in [0.1, 0.15) is 5.78 Å². The summed E-state index contributed by atoms with van der Waals surface area (Å²) in [6.45, 7) is 3.63. The van der Waals surface area contributed by atoms with Gasteiger partial charge in [-0.15, -0.1) is 0 Å². The van der Waals surface area contributed by atoms with Crippen LogP contribution in [0.3, 0.4) is 0 Å². The maximum absolute atomic E-state index is 11.0.